The smallest absolute Gasteiger partial charge is 0.407 e. The van der Waals surface area contributed by atoms with Crippen LogP contribution in [0, 0.1) is 20.8 Å². The van der Waals surface area contributed by atoms with Gasteiger partial charge >= 0.3 is 12.1 Å². The molecule has 0 spiro atoms. The van der Waals surface area contributed by atoms with Gasteiger partial charge in [0.05, 0.1) is 11.2 Å². The van der Waals surface area contributed by atoms with E-state index in [4.69, 9.17) is 9.47 Å². The zero-order chi connectivity index (χ0) is 33.9. The van der Waals surface area contributed by atoms with E-state index in [2.05, 4.69) is 20.6 Å². The average molecular weight is 663 g/mol. The number of hydrogen-bond donors (Lipinski definition) is 4. The second kappa shape index (κ2) is 13.7. The molecular formula is C35H42N4O7S. The molecule has 47 heavy (non-hydrogen) atoms. The maximum Gasteiger partial charge on any atom is 0.407 e. The molecule has 250 valence electrons. The van der Waals surface area contributed by atoms with E-state index in [0.717, 1.165) is 52.0 Å². The number of sulfonamides is 1. The van der Waals surface area contributed by atoms with Crippen LogP contribution in [0.3, 0.4) is 0 Å². The van der Waals surface area contributed by atoms with E-state index >= 15 is 0 Å². The Bertz CT molecular complexity index is 1770. The number of carboxylic acids is 1. The van der Waals surface area contributed by atoms with E-state index in [-0.39, 0.29) is 36.0 Å². The van der Waals surface area contributed by atoms with Crippen LogP contribution < -0.4 is 20.3 Å². The van der Waals surface area contributed by atoms with Crippen LogP contribution in [0.1, 0.15) is 72.4 Å². The first-order valence-corrected chi connectivity index (χ1v) is 17.2. The third kappa shape index (κ3) is 7.28. The van der Waals surface area contributed by atoms with Gasteiger partial charge < -0.3 is 19.9 Å². The van der Waals surface area contributed by atoms with Crippen molar-refractivity contribution in [2.75, 3.05) is 13.2 Å². The summed E-state index contributed by atoms with van der Waals surface area (Å²) in [5, 5.41) is 12.1. The van der Waals surface area contributed by atoms with Crippen molar-refractivity contribution in [3.05, 3.63) is 81.9 Å². The molecule has 1 aliphatic heterocycles. The number of hydrogen-bond acceptors (Lipinski definition) is 7. The third-order valence-electron chi connectivity index (χ3n) is 9.00. The minimum absolute atomic E-state index is 0.0775. The SMILES string of the molecule is Cc1c(C)c(S(=O)(=O)NNC=NCCCC(NC(=O)OCC2c3ccccc3-c3ccccc32)C(=O)O)c(C)c2c1OC(C)(C)CC2. The van der Waals surface area contributed by atoms with Gasteiger partial charge in [-0.15, -0.1) is 4.83 Å². The second-order valence-electron chi connectivity index (χ2n) is 12.7. The van der Waals surface area contributed by atoms with Gasteiger partial charge in [0.1, 0.15) is 24.0 Å². The lowest BCUT2D eigenvalue weighted by Crippen LogP contribution is -2.41. The van der Waals surface area contributed by atoms with Gasteiger partial charge in [0.25, 0.3) is 10.0 Å². The van der Waals surface area contributed by atoms with Crippen molar-refractivity contribution in [3.63, 3.8) is 0 Å². The lowest BCUT2D eigenvalue weighted by molar-refractivity contribution is -0.139. The van der Waals surface area contributed by atoms with Crippen LogP contribution in [0.25, 0.3) is 11.1 Å². The molecule has 5 rings (SSSR count). The number of aliphatic carboxylic acids is 1. The van der Waals surface area contributed by atoms with Gasteiger partial charge in [-0.25, -0.2) is 18.0 Å². The monoisotopic (exact) mass is 662 g/mol. The van der Waals surface area contributed by atoms with Crippen molar-refractivity contribution in [2.24, 2.45) is 4.99 Å². The van der Waals surface area contributed by atoms with Gasteiger partial charge in [-0.2, -0.15) is 0 Å². The Labute approximate surface area is 275 Å². The molecule has 2 aliphatic rings. The molecule has 1 atom stereocenters. The number of benzene rings is 3. The zero-order valence-corrected chi connectivity index (χ0v) is 28.2. The van der Waals surface area contributed by atoms with E-state index in [1.807, 2.05) is 69.3 Å². The molecular weight excluding hydrogens is 620 g/mol. The summed E-state index contributed by atoms with van der Waals surface area (Å²) in [6.45, 7) is 9.77. The fourth-order valence-corrected chi connectivity index (χ4v) is 7.84. The molecule has 0 radical (unpaired) electrons. The first-order chi connectivity index (χ1) is 22.3. The highest BCUT2D eigenvalue weighted by Crippen LogP contribution is 2.45. The fourth-order valence-electron chi connectivity index (χ4n) is 6.44. The van der Waals surface area contributed by atoms with E-state index in [0.29, 0.717) is 17.5 Å². The number of rotatable bonds is 12. The molecule has 0 saturated carbocycles. The maximum atomic E-state index is 13.3. The molecule has 1 aliphatic carbocycles. The molecule has 0 bridgehead atoms. The third-order valence-corrected chi connectivity index (χ3v) is 10.5. The summed E-state index contributed by atoms with van der Waals surface area (Å²) in [6, 6.07) is 14.8. The number of fused-ring (bicyclic) bond motifs is 4. The number of carbonyl (C=O) groups excluding carboxylic acids is 1. The summed E-state index contributed by atoms with van der Waals surface area (Å²) >= 11 is 0. The predicted molar refractivity (Wildman–Crippen MR) is 179 cm³/mol. The van der Waals surface area contributed by atoms with Crippen molar-refractivity contribution in [3.8, 4) is 16.9 Å². The molecule has 0 saturated heterocycles. The van der Waals surface area contributed by atoms with E-state index in [1.54, 1.807) is 13.8 Å². The zero-order valence-electron chi connectivity index (χ0n) is 27.3. The number of ether oxygens (including phenoxy) is 2. The van der Waals surface area contributed by atoms with Crippen molar-refractivity contribution in [1.29, 1.82) is 0 Å². The van der Waals surface area contributed by atoms with E-state index < -0.39 is 28.1 Å². The summed E-state index contributed by atoms with van der Waals surface area (Å²) in [7, 11) is -3.93. The molecule has 1 heterocycles. The van der Waals surface area contributed by atoms with Crippen molar-refractivity contribution in [2.45, 2.75) is 82.8 Å². The van der Waals surface area contributed by atoms with Gasteiger partial charge in [0.15, 0.2) is 0 Å². The van der Waals surface area contributed by atoms with Crippen LogP contribution in [-0.2, 0) is 26.0 Å². The summed E-state index contributed by atoms with van der Waals surface area (Å²) in [5.41, 5.74) is 9.52. The lowest BCUT2D eigenvalue weighted by atomic mass is 9.88. The Balaban J connectivity index is 1.10. The number of carbonyl (C=O) groups is 2. The molecule has 1 amide bonds. The first-order valence-electron chi connectivity index (χ1n) is 15.7. The van der Waals surface area contributed by atoms with Crippen LogP contribution in [0.5, 0.6) is 5.75 Å². The minimum atomic E-state index is -3.93. The molecule has 0 fully saturated rings. The average Bonchev–Trinajstić information content (AvgIpc) is 3.34. The van der Waals surface area contributed by atoms with Crippen LogP contribution in [-0.4, -0.2) is 56.7 Å². The van der Waals surface area contributed by atoms with Crippen LogP contribution >= 0.6 is 0 Å². The van der Waals surface area contributed by atoms with Crippen molar-refractivity contribution < 1.29 is 32.6 Å². The summed E-state index contributed by atoms with van der Waals surface area (Å²) < 4.78 is 38.2. The Morgan fingerprint density at radius 3 is 2.32 bits per heavy atom. The normalized spacial score (nSPS) is 15.7. The number of hydrazine groups is 1. The van der Waals surface area contributed by atoms with Crippen molar-refractivity contribution in [1.82, 2.24) is 15.6 Å². The van der Waals surface area contributed by atoms with Gasteiger partial charge in [-0.1, -0.05) is 48.5 Å². The standard InChI is InChI=1S/C35H42N4O7S/c1-21-22(2)32(23(3)24-16-17-35(4,5)46-31(21)24)47(43,44)39-37-20-36-18-10-15-30(33(40)41)38-34(42)45-19-29-27-13-8-6-11-25(27)26-12-7-9-14-28(26)29/h6-9,11-14,20,29-30,39H,10,15-19H2,1-5H3,(H,36,37)(H,38,42)(H,40,41). The van der Waals surface area contributed by atoms with Gasteiger partial charge in [0.2, 0.25) is 0 Å². The summed E-state index contributed by atoms with van der Waals surface area (Å²) in [6.07, 6.45) is 2.34. The molecule has 4 N–H and O–H groups in total. The number of aliphatic imine (C=N–C) groups is 1. The minimum Gasteiger partial charge on any atom is -0.487 e. The summed E-state index contributed by atoms with van der Waals surface area (Å²) in [4.78, 5) is 31.1. The lowest BCUT2D eigenvalue weighted by Gasteiger charge is -2.35. The quantitative estimate of drug-likeness (QED) is 0.0882. The Morgan fingerprint density at radius 2 is 1.68 bits per heavy atom. The van der Waals surface area contributed by atoms with Crippen molar-refractivity contribution >= 4 is 28.4 Å². The molecule has 3 aromatic rings. The fraction of sp³-hybridized carbons (Fsp3) is 0.400. The topological polar surface area (TPSA) is 155 Å². The Kier molecular flexibility index (Phi) is 9.92. The molecule has 11 nitrogen and oxygen atoms in total. The number of nitrogens with one attached hydrogen (secondary N) is 3. The highest BCUT2D eigenvalue weighted by Gasteiger charge is 2.34. The molecule has 1 unspecified atom stereocenters. The number of carboxylic acid groups (broad SMARTS) is 1. The van der Waals surface area contributed by atoms with Gasteiger partial charge in [-0.3, -0.25) is 10.4 Å². The van der Waals surface area contributed by atoms with E-state index in [1.165, 1.54) is 6.34 Å². The maximum absolute atomic E-state index is 13.3. The number of nitrogens with zero attached hydrogens (tertiary/aromatic N) is 1. The summed E-state index contributed by atoms with van der Waals surface area (Å²) in [5.74, 6) is -0.563. The molecule has 12 heteroatoms. The molecule has 3 aromatic carbocycles. The first kappa shape index (κ1) is 33.9. The van der Waals surface area contributed by atoms with Gasteiger partial charge in [-0.05, 0) is 105 Å². The highest BCUT2D eigenvalue weighted by atomic mass is 32.2. The van der Waals surface area contributed by atoms with Crippen LogP contribution in [0.2, 0.25) is 0 Å². The van der Waals surface area contributed by atoms with Crippen LogP contribution in [0.4, 0.5) is 4.79 Å². The number of amides is 1. The molecule has 0 aromatic heterocycles. The predicted octanol–water partition coefficient (Wildman–Crippen LogP) is 5.30. The van der Waals surface area contributed by atoms with E-state index in [9.17, 15) is 23.1 Å². The Hall–Kier alpha value is -4.42. The largest absolute Gasteiger partial charge is 0.487 e. The Morgan fingerprint density at radius 1 is 1.04 bits per heavy atom. The second-order valence-corrected chi connectivity index (χ2v) is 14.3. The number of alkyl carbamates (subject to hydrolysis) is 1. The highest BCUT2D eigenvalue weighted by molar-refractivity contribution is 7.89. The van der Waals surface area contributed by atoms with Crippen LogP contribution in [0.15, 0.2) is 58.4 Å². The van der Waals surface area contributed by atoms with Gasteiger partial charge in [0, 0.05) is 12.5 Å².